The SMILES string of the molecule is OC(Cc1ccc(F)cc1Br)c1cc(Br)ccc1Br. The molecule has 0 saturated carbocycles. The van der Waals surface area contributed by atoms with Gasteiger partial charge in [-0.05, 0) is 41.5 Å². The number of aliphatic hydroxyl groups is 1. The van der Waals surface area contributed by atoms with Gasteiger partial charge in [-0.15, -0.1) is 0 Å². The van der Waals surface area contributed by atoms with Crippen LogP contribution in [0.4, 0.5) is 4.39 Å². The Kier molecular flexibility index (Phi) is 5.17. The van der Waals surface area contributed by atoms with Crippen molar-refractivity contribution >= 4 is 47.8 Å². The lowest BCUT2D eigenvalue weighted by Gasteiger charge is -2.14. The number of hydrogen-bond acceptors (Lipinski definition) is 1. The Balaban J connectivity index is 2.25. The largest absolute Gasteiger partial charge is 0.388 e. The highest BCUT2D eigenvalue weighted by atomic mass is 79.9. The van der Waals surface area contributed by atoms with Gasteiger partial charge >= 0.3 is 0 Å². The Morgan fingerprint density at radius 2 is 1.74 bits per heavy atom. The maximum absolute atomic E-state index is 13.0. The molecule has 2 aromatic rings. The van der Waals surface area contributed by atoms with Crippen molar-refractivity contribution in [3.8, 4) is 0 Å². The summed E-state index contributed by atoms with van der Waals surface area (Å²) in [5.74, 6) is -0.297. The predicted molar refractivity (Wildman–Crippen MR) is 84.6 cm³/mol. The van der Waals surface area contributed by atoms with E-state index in [4.69, 9.17) is 0 Å². The van der Waals surface area contributed by atoms with E-state index in [1.165, 1.54) is 12.1 Å². The molecule has 0 saturated heterocycles. The Labute approximate surface area is 136 Å². The van der Waals surface area contributed by atoms with E-state index in [0.717, 1.165) is 20.1 Å². The third-order valence-corrected chi connectivity index (χ3v) is 4.70. The minimum absolute atomic E-state index is 0.297. The van der Waals surface area contributed by atoms with Crippen molar-refractivity contribution in [2.75, 3.05) is 0 Å². The van der Waals surface area contributed by atoms with Crippen LogP contribution in [-0.2, 0) is 6.42 Å². The molecule has 0 spiro atoms. The fourth-order valence-electron chi connectivity index (χ4n) is 1.78. The number of hydrogen-bond donors (Lipinski definition) is 1. The van der Waals surface area contributed by atoms with Crippen LogP contribution in [0.2, 0.25) is 0 Å². The number of benzene rings is 2. The first-order valence-electron chi connectivity index (χ1n) is 5.54. The monoisotopic (exact) mass is 450 g/mol. The summed E-state index contributed by atoms with van der Waals surface area (Å²) in [7, 11) is 0. The second-order valence-corrected chi connectivity index (χ2v) is 6.75. The topological polar surface area (TPSA) is 20.2 Å². The van der Waals surface area contributed by atoms with Crippen molar-refractivity contribution in [1.82, 2.24) is 0 Å². The first kappa shape index (κ1) is 15.2. The summed E-state index contributed by atoms with van der Waals surface area (Å²) >= 11 is 10.1. The summed E-state index contributed by atoms with van der Waals surface area (Å²) in [6.07, 6.45) is -0.246. The molecule has 0 aliphatic carbocycles. The molecule has 0 bridgehead atoms. The smallest absolute Gasteiger partial charge is 0.124 e. The average molecular weight is 453 g/mol. The molecule has 19 heavy (non-hydrogen) atoms. The summed E-state index contributed by atoms with van der Waals surface area (Å²) in [5, 5.41) is 10.3. The summed E-state index contributed by atoms with van der Waals surface area (Å²) < 4.78 is 15.4. The molecule has 0 aliphatic rings. The lowest BCUT2D eigenvalue weighted by molar-refractivity contribution is 0.177. The quantitative estimate of drug-likeness (QED) is 0.662. The fraction of sp³-hybridized carbons (Fsp3) is 0.143. The van der Waals surface area contributed by atoms with Gasteiger partial charge in [0.2, 0.25) is 0 Å². The Morgan fingerprint density at radius 3 is 2.42 bits per heavy atom. The normalized spacial score (nSPS) is 12.5. The van der Waals surface area contributed by atoms with Gasteiger partial charge in [0.15, 0.2) is 0 Å². The van der Waals surface area contributed by atoms with Gasteiger partial charge in [0.25, 0.3) is 0 Å². The molecule has 0 heterocycles. The van der Waals surface area contributed by atoms with Crippen LogP contribution in [0.15, 0.2) is 49.8 Å². The molecule has 0 radical (unpaired) electrons. The Hall–Kier alpha value is -0.230. The minimum atomic E-state index is -0.659. The van der Waals surface area contributed by atoms with E-state index in [9.17, 15) is 9.50 Å². The highest BCUT2D eigenvalue weighted by Gasteiger charge is 2.14. The molecule has 1 nitrogen and oxygen atoms in total. The molecule has 0 aliphatic heterocycles. The molecule has 2 aromatic carbocycles. The van der Waals surface area contributed by atoms with Crippen LogP contribution in [0.3, 0.4) is 0 Å². The van der Waals surface area contributed by atoms with Gasteiger partial charge in [0, 0.05) is 19.8 Å². The van der Waals surface area contributed by atoms with Crippen molar-refractivity contribution in [3.05, 3.63) is 66.8 Å². The van der Waals surface area contributed by atoms with E-state index in [-0.39, 0.29) is 5.82 Å². The van der Waals surface area contributed by atoms with Crippen molar-refractivity contribution < 1.29 is 9.50 Å². The van der Waals surface area contributed by atoms with Crippen LogP contribution in [0, 0.1) is 5.82 Å². The zero-order chi connectivity index (χ0) is 14.0. The minimum Gasteiger partial charge on any atom is -0.388 e. The molecule has 5 heteroatoms. The number of aliphatic hydroxyl groups excluding tert-OH is 1. The molecular weight excluding hydrogens is 443 g/mol. The van der Waals surface area contributed by atoms with E-state index in [1.54, 1.807) is 6.07 Å². The van der Waals surface area contributed by atoms with E-state index in [1.807, 2.05) is 18.2 Å². The van der Waals surface area contributed by atoms with Crippen molar-refractivity contribution in [2.45, 2.75) is 12.5 Å². The zero-order valence-corrected chi connectivity index (χ0v) is 14.5. The van der Waals surface area contributed by atoms with Crippen LogP contribution >= 0.6 is 47.8 Å². The van der Waals surface area contributed by atoms with E-state index >= 15 is 0 Å². The lowest BCUT2D eigenvalue weighted by Crippen LogP contribution is -2.03. The third kappa shape index (κ3) is 3.88. The highest BCUT2D eigenvalue weighted by molar-refractivity contribution is 9.11. The summed E-state index contributed by atoms with van der Waals surface area (Å²) in [6.45, 7) is 0. The van der Waals surface area contributed by atoms with Gasteiger partial charge in [-0.1, -0.05) is 53.9 Å². The zero-order valence-electron chi connectivity index (χ0n) is 9.71. The van der Waals surface area contributed by atoms with E-state index in [2.05, 4.69) is 47.8 Å². The first-order chi connectivity index (χ1) is 8.97. The molecule has 1 unspecified atom stereocenters. The third-order valence-electron chi connectivity index (χ3n) is 2.75. The second kappa shape index (κ2) is 6.48. The van der Waals surface area contributed by atoms with Crippen molar-refractivity contribution in [3.63, 3.8) is 0 Å². The van der Waals surface area contributed by atoms with Gasteiger partial charge in [-0.3, -0.25) is 0 Å². The van der Waals surface area contributed by atoms with Gasteiger partial charge < -0.3 is 5.11 Å². The summed E-state index contributed by atoms with van der Waals surface area (Å²) in [4.78, 5) is 0. The highest BCUT2D eigenvalue weighted by Crippen LogP contribution is 2.30. The Morgan fingerprint density at radius 1 is 1.00 bits per heavy atom. The van der Waals surface area contributed by atoms with Crippen LogP contribution in [0.5, 0.6) is 0 Å². The maximum atomic E-state index is 13.0. The second-order valence-electron chi connectivity index (χ2n) is 4.12. The standard InChI is InChI=1S/C14H10Br3FO/c15-9-2-4-12(16)11(6-9)14(19)5-8-1-3-10(18)7-13(8)17/h1-4,6-7,14,19H,5H2. The van der Waals surface area contributed by atoms with Crippen molar-refractivity contribution in [1.29, 1.82) is 0 Å². The number of rotatable bonds is 3. The summed E-state index contributed by atoms with van der Waals surface area (Å²) in [6, 6.07) is 10.1. The van der Waals surface area contributed by atoms with Gasteiger partial charge in [-0.25, -0.2) is 4.39 Å². The predicted octanol–water partition coefficient (Wildman–Crippen LogP) is 5.39. The van der Waals surface area contributed by atoms with E-state index in [0.29, 0.717) is 10.9 Å². The fourth-order valence-corrected chi connectivity index (χ4v) is 3.18. The maximum Gasteiger partial charge on any atom is 0.124 e. The molecule has 0 fully saturated rings. The molecule has 0 amide bonds. The molecular formula is C14H10Br3FO. The lowest BCUT2D eigenvalue weighted by atomic mass is 10.0. The van der Waals surface area contributed by atoms with Gasteiger partial charge in [0.05, 0.1) is 6.10 Å². The van der Waals surface area contributed by atoms with Gasteiger partial charge in [-0.2, -0.15) is 0 Å². The summed E-state index contributed by atoms with van der Waals surface area (Å²) in [5.41, 5.74) is 1.66. The van der Waals surface area contributed by atoms with Gasteiger partial charge in [0.1, 0.15) is 5.82 Å². The van der Waals surface area contributed by atoms with Crippen LogP contribution in [0.25, 0.3) is 0 Å². The van der Waals surface area contributed by atoms with Crippen LogP contribution in [-0.4, -0.2) is 5.11 Å². The molecule has 2 rings (SSSR count). The van der Waals surface area contributed by atoms with E-state index < -0.39 is 6.10 Å². The first-order valence-corrected chi connectivity index (χ1v) is 7.92. The van der Waals surface area contributed by atoms with Crippen LogP contribution in [0.1, 0.15) is 17.2 Å². The van der Waals surface area contributed by atoms with Crippen LogP contribution < -0.4 is 0 Å². The number of halogens is 4. The molecule has 100 valence electrons. The average Bonchev–Trinajstić information content (AvgIpc) is 2.35. The van der Waals surface area contributed by atoms with Crippen molar-refractivity contribution in [2.24, 2.45) is 0 Å². The molecule has 1 N–H and O–H groups in total. The Bertz CT molecular complexity index is 601. The molecule has 0 aromatic heterocycles. The molecule has 1 atom stereocenters.